The van der Waals surface area contributed by atoms with E-state index in [1.807, 2.05) is 6.08 Å². The van der Waals surface area contributed by atoms with Crippen molar-refractivity contribution in [2.24, 2.45) is 17.8 Å². The van der Waals surface area contributed by atoms with Crippen molar-refractivity contribution in [3.05, 3.63) is 23.3 Å². The Morgan fingerprint density at radius 2 is 1.75 bits per heavy atom. The van der Waals surface area contributed by atoms with E-state index in [1.165, 1.54) is 24.0 Å². The number of hydrogen-bond donors (Lipinski definition) is 0. The standard InChI is InChI=1S/C18H24O2/c1-2-16-17(12-3-6-14(19)7-4-12)9-5-13-11-15(20)8-10-18(13)16/h3,11,16-18H,2,4-10H2,1H3. The third-order valence-corrected chi connectivity index (χ3v) is 5.53. The molecule has 3 rings (SSSR count). The Morgan fingerprint density at radius 1 is 1.00 bits per heavy atom. The molecule has 0 aromatic heterocycles. The zero-order chi connectivity index (χ0) is 14.1. The van der Waals surface area contributed by atoms with E-state index >= 15 is 0 Å². The van der Waals surface area contributed by atoms with Gasteiger partial charge in [0.15, 0.2) is 5.78 Å². The molecule has 1 fully saturated rings. The molecular formula is C18H24O2. The highest BCUT2D eigenvalue weighted by atomic mass is 16.1. The van der Waals surface area contributed by atoms with Crippen molar-refractivity contribution in [3.63, 3.8) is 0 Å². The molecule has 3 aliphatic carbocycles. The van der Waals surface area contributed by atoms with Crippen molar-refractivity contribution in [2.45, 2.75) is 58.3 Å². The van der Waals surface area contributed by atoms with E-state index in [4.69, 9.17) is 0 Å². The van der Waals surface area contributed by atoms with Crippen LogP contribution in [0.4, 0.5) is 0 Å². The van der Waals surface area contributed by atoms with Gasteiger partial charge in [-0.3, -0.25) is 9.59 Å². The van der Waals surface area contributed by atoms with Crippen LogP contribution in [0.3, 0.4) is 0 Å². The molecule has 0 N–H and O–H groups in total. The van der Waals surface area contributed by atoms with Crippen LogP contribution >= 0.6 is 0 Å². The molecule has 2 nitrogen and oxygen atoms in total. The molecule has 0 spiro atoms. The molecule has 0 aromatic rings. The van der Waals surface area contributed by atoms with Gasteiger partial charge in [-0.25, -0.2) is 0 Å². The molecule has 3 atom stereocenters. The summed E-state index contributed by atoms with van der Waals surface area (Å²) < 4.78 is 0. The fraction of sp³-hybridized carbons (Fsp3) is 0.667. The third-order valence-electron chi connectivity index (χ3n) is 5.53. The third kappa shape index (κ3) is 2.53. The Hall–Kier alpha value is -1.18. The predicted molar refractivity (Wildman–Crippen MR) is 79.3 cm³/mol. The Bertz CT molecular complexity index is 484. The highest BCUT2D eigenvalue weighted by molar-refractivity contribution is 5.91. The van der Waals surface area contributed by atoms with Gasteiger partial charge in [-0.15, -0.1) is 0 Å². The smallest absolute Gasteiger partial charge is 0.155 e. The number of fused-ring (bicyclic) bond motifs is 1. The van der Waals surface area contributed by atoms with Gasteiger partial charge in [-0.05, 0) is 49.5 Å². The van der Waals surface area contributed by atoms with E-state index in [0.29, 0.717) is 35.7 Å². The maximum absolute atomic E-state index is 11.6. The second-order valence-electron chi connectivity index (χ2n) is 6.57. The minimum atomic E-state index is 0.326. The van der Waals surface area contributed by atoms with Crippen molar-refractivity contribution in [1.29, 1.82) is 0 Å². The normalized spacial score (nSPS) is 34.4. The molecule has 2 heteroatoms. The molecule has 3 unspecified atom stereocenters. The molecule has 1 saturated carbocycles. The molecule has 0 heterocycles. The summed E-state index contributed by atoms with van der Waals surface area (Å²) in [6.45, 7) is 2.28. The number of carbonyl (C=O) groups excluding carboxylic acids is 2. The second kappa shape index (κ2) is 5.67. The minimum Gasteiger partial charge on any atom is -0.299 e. The van der Waals surface area contributed by atoms with Crippen LogP contribution in [0.1, 0.15) is 58.3 Å². The van der Waals surface area contributed by atoms with E-state index in [2.05, 4.69) is 13.0 Å². The zero-order valence-electron chi connectivity index (χ0n) is 12.4. The van der Waals surface area contributed by atoms with Gasteiger partial charge in [0.05, 0.1) is 0 Å². The van der Waals surface area contributed by atoms with Crippen LogP contribution in [-0.4, -0.2) is 11.6 Å². The second-order valence-corrected chi connectivity index (χ2v) is 6.57. The summed E-state index contributed by atoms with van der Waals surface area (Å²) in [6, 6.07) is 0. The van der Waals surface area contributed by atoms with Crippen LogP contribution in [-0.2, 0) is 9.59 Å². The first-order valence-corrected chi connectivity index (χ1v) is 8.13. The van der Waals surface area contributed by atoms with Crippen LogP contribution in [0.2, 0.25) is 0 Å². The quantitative estimate of drug-likeness (QED) is 0.712. The first-order chi connectivity index (χ1) is 9.69. The fourth-order valence-corrected chi connectivity index (χ4v) is 4.53. The monoisotopic (exact) mass is 272 g/mol. The Labute approximate surface area is 121 Å². The lowest BCUT2D eigenvalue weighted by molar-refractivity contribution is -0.118. The molecule has 0 radical (unpaired) electrons. The Kier molecular flexibility index (Phi) is 3.91. The summed E-state index contributed by atoms with van der Waals surface area (Å²) >= 11 is 0. The molecule has 20 heavy (non-hydrogen) atoms. The van der Waals surface area contributed by atoms with Crippen LogP contribution in [0.25, 0.3) is 0 Å². The van der Waals surface area contributed by atoms with Gasteiger partial charge in [-0.2, -0.15) is 0 Å². The topological polar surface area (TPSA) is 34.1 Å². The average molecular weight is 272 g/mol. The number of ketones is 2. The van der Waals surface area contributed by atoms with Crippen LogP contribution in [0.15, 0.2) is 23.3 Å². The number of allylic oxidation sites excluding steroid dienone is 4. The summed E-state index contributed by atoms with van der Waals surface area (Å²) in [7, 11) is 0. The van der Waals surface area contributed by atoms with Gasteiger partial charge in [-0.1, -0.05) is 30.6 Å². The van der Waals surface area contributed by atoms with E-state index in [9.17, 15) is 9.59 Å². The van der Waals surface area contributed by atoms with Gasteiger partial charge < -0.3 is 0 Å². The number of hydrogen-bond acceptors (Lipinski definition) is 2. The van der Waals surface area contributed by atoms with Crippen molar-refractivity contribution in [2.75, 3.05) is 0 Å². The number of rotatable bonds is 2. The summed E-state index contributed by atoms with van der Waals surface area (Å²) in [6.07, 6.45) is 11.7. The first-order valence-electron chi connectivity index (χ1n) is 8.13. The van der Waals surface area contributed by atoms with E-state index in [1.54, 1.807) is 0 Å². The van der Waals surface area contributed by atoms with E-state index < -0.39 is 0 Å². The minimum absolute atomic E-state index is 0.326. The van der Waals surface area contributed by atoms with Crippen LogP contribution in [0, 0.1) is 17.8 Å². The molecule has 3 aliphatic rings. The zero-order valence-corrected chi connectivity index (χ0v) is 12.4. The van der Waals surface area contributed by atoms with Gasteiger partial charge in [0.2, 0.25) is 0 Å². The highest BCUT2D eigenvalue weighted by Gasteiger charge is 2.38. The summed E-state index contributed by atoms with van der Waals surface area (Å²) in [4.78, 5) is 23.0. The van der Waals surface area contributed by atoms with E-state index in [0.717, 1.165) is 32.1 Å². The van der Waals surface area contributed by atoms with Gasteiger partial charge in [0, 0.05) is 19.3 Å². The van der Waals surface area contributed by atoms with Crippen molar-refractivity contribution >= 4 is 11.6 Å². The highest BCUT2D eigenvalue weighted by Crippen LogP contribution is 2.48. The van der Waals surface area contributed by atoms with Crippen molar-refractivity contribution in [1.82, 2.24) is 0 Å². The number of carbonyl (C=O) groups is 2. The number of Topliss-reactive ketones (excluding diaryl/α,β-unsaturated/α-hetero) is 1. The van der Waals surface area contributed by atoms with Gasteiger partial charge in [0.1, 0.15) is 5.78 Å². The lowest BCUT2D eigenvalue weighted by atomic mass is 9.62. The van der Waals surface area contributed by atoms with Crippen LogP contribution in [0.5, 0.6) is 0 Å². The summed E-state index contributed by atoms with van der Waals surface area (Å²) in [5, 5.41) is 0. The average Bonchev–Trinajstić information content (AvgIpc) is 2.46. The lowest BCUT2D eigenvalue weighted by Gasteiger charge is -2.43. The van der Waals surface area contributed by atoms with Crippen molar-refractivity contribution in [3.8, 4) is 0 Å². The maximum Gasteiger partial charge on any atom is 0.155 e. The fourth-order valence-electron chi connectivity index (χ4n) is 4.53. The molecule has 108 valence electrons. The molecule has 0 saturated heterocycles. The van der Waals surface area contributed by atoms with E-state index in [-0.39, 0.29) is 0 Å². The summed E-state index contributed by atoms with van der Waals surface area (Å²) in [5.74, 6) is 2.68. The molecule has 0 amide bonds. The molecule has 0 bridgehead atoms. The molecular weight excluding hydrogens is 248 g/mol. The van der Waals surface area contributed by atoms with Gasteiger partial charge >= 0.3 is 0 Å². The predicted octanol–water partition coefficient (Wildman–Crippen LogP) is 4.01. The summed E-state index contributed by atoms with van der Waals surface area (Å²) in [5.41, 5.74) is 2.95. The SMILES string of the molecule is CCC1C2CCC(=O)C=C2CCC1C1=CCC(=O)CC1. The Morgan fingerprint density at radius 3 is 2.45 bits per heavy atom. The van der Waals surface area contributed by atoms with Crippen LogP contribution < -0.4 is 0 Å². The first kappa shape index (κ1) is 13.8. The maximum atomic E-state index is 11.6. The molecule has 0 aliphatic heterocycles. The largest absolute Gasteiger partial charge is 0.299 e. The molecule has 0 aromatic carbocycles. The van der Waals surface area contributed by atoms with Crippen molar-refractivity contribution < 1.29 is 9.59 Å². The lowest BCUT2D eigenvalue weighted by Crippen LogP contribution is -2.34. The Balaban J connectivity index is 1.82. The van der Waals surface area contributed by atoms with Gasteiger partial charge in [0.25, 0.3) is 0 Å².